The highest BCUT2D eigenvalue weighted by molar-refractivity contribution is 9.09. The van der Waals surface area contributed by atoms with Crippen LogP contribution in [0.1, 0.15) is 36.7 Å². The number of hydrogen-bond acceptors (Lipinski definition) is 1. The summed E-state index contributed by atoms with van der Waals surface area (Å²) in [4.78, 5) is 11.9. The standard InChI is InChI=1S/C13H15BrF3NO/c1-8(14)12(2,3)18-11(19)9-4-6-10(7-5-9)13(15,16)17/h4-8H,1-3H3,(H,18,19). The second kappa shape index (κ2) is 5.53. The van der Waals surface area contributed by atoms with Gasteiger partial charge < -0.3 is 5.32 Å². The predicted octanol–water partition coefficient (Wildman–Crippen LogP) is 4.00. The molecule has 0 fully saturated rings. The third-order valence-electron chi connectivity index (χ3n) is 2.90. The van der Waals surface area contributed by atoms with Crippen LogP contribution in [0, 0.1) is 0 Å². The summed E-state index contributed by atoms with van der Waals surface area (Å²) >= 11 is 3.37. The number of hydrogen-bond donors (Lipinski definition) is 1. The van der Waals surface area contributed by atoms with Gasteiger partial charge in [-0.05, 0) is 38.1 Å². The van der Waals surface area contributed by atoms with Gasteiger partial charge in [-0.25, -0.2) is 0 Å². The van der Waals surface area contributed by atoms with Crippen molar-refractivity contribution in [2.75, 3.05) is 0 Å². The first-order chi connectivity index (χ1) is 8.54. The summed E-state index contributed by atoms with van der Waals surface area (Å²) < 4.78 is 37.2. The van der Waals surface area contributed by atoms with Gasteiger partial charge in [0, 0.05) is 15.9 Å². The summed E-state index contributed by atoms with van der Waals surface area (Å²) in [7, 11) is 0. The number of amides is 1. The fraction of sp³-hybridized carbons (Fsp3) is 0.462. The molecule has 0 saturated carbocycles. The average Bonchev–Trinajstić information content (AvgIpc) is 2.27. The Labute approximate surface area is 118 Å². The molecule has 19 heavy (non-hydrogen) atoms. The molecule has 0 saturated heterocycles. The van der Waals surface area contributed by atoms with Gasteiger partial charge in [-0.15, -0.1) is 0 Å². The van der Waals surface area contributed by atoms with Crippen LogP contribution < -0.4 is 5.32 Å². The third-order valence-corrected chi connectivity index (χ3v) is 4.05. The molecule has 1 rings (SSSR count). The fourth-order valence-electron chi connectivity index (χ4n) is 1.27. The number of rotatable bonds is 3. The van der Waals surface area contributed by atoms with Crippen molar-refractivity contribution in [1.29, 1.82) is 0 Å². The number of carbonyl (C=O) groups excluding carboxylic acids is 1. The van der Waals surface area contributed by atoms with E-state index in [0.717, 1.165) is 12.1 Å². The highest BCUT2D eigenvalue weighted by Crippen LogP contribution is 2.29. The lowest BCUT2D eigenvalue weighted by atomic mass is 10.0. The molecule has 1 atom stereocenters. The Morgan fingerprint density at radius 1 is 1.21 bits per heavy atom. The van der Waals surface area contributed by atoms with Crippen LogP contribution in [-0.2, 0) is 6.18 Å². The summed E-state index contributed by atoms with van der Waals surface area (Å²) in [6.07, 6.45) is -4.39. The van der Waals surface area contributed by atoms with Gasteiger partial charge in [0.2, 0.25) is 0 Å². The van der Waals surface area contributed by atoms with Crippen LogP contribution in [0.2, 0.25) is 0 Å². The van der Waals surface area contributed by atoms with Crippen molar-refractivity contribution in [3.8, 4) is 0 Å². The third kappa shape index (κ3) is 4.23. The Kier molecular flexibility index (Phi) is 4.66. The van der Waals surface area contributed by atoms with Gasteiger partial charge in [0.25, 0.3) is 5.91 Å². The van der Waals surface area contributed by atoms with E-state index in [1.165, 1.54) is 12.1 Å². The summed E-state index contributed by atoms with van der Waals surface area (Å²) in [6.45, 7) is 5.54. The minimum absolute atomic E-state index is 0.0263. The monoisotopic (exact) mass is 337 g/mol. The smallest absolute Gasteiger partial charge is 0.346 e. The first kappa shape index (κ1) is 16.0. The molecule has 1 aromatic carbocycles. The molecule has 0 aliphatic rings. The number of halogens is 4. The van der Waals surface area contributed by atoms with Gasteiger partial charge in [-0.3, -0.25) is 4.79 Å². The fourth-order valence-corrected chi connectivity index (χ4v) is 1.39. The van der Waals surface area contributed by atoms with E-state index in [0.29, 0.717) is 0 Å². The van der Waals surface area contributed by atoms with Crippen molar-refractivity contribution in [3.63, 3.8) is 0 Å². The molecule has 2 nitrogen and oxygen atoms in total. The Morgan fingerprint density at radius 3 is 2.05 bits per heavy atom. The first-order valence-electron chi connectivity index (χ1n) is 5.68. The van der Waals surface area contributed by atoms with E-state index in [1.54, 1.807) is 0 Å². The molecule has 0 radical (unpaired) electrons. The quantitative estimate of drug-likeness (QED) is 0.830. The Balaban J connectivity index is 2.85. The lowest BCUT2D eigenvalue weighted by molar-refractivity contribution is -0.137. The van der Waals surface area contributed by atoms with Gasteiger partial charge in [0.05, 0.1) is 5.56 Å². The Hall–Kier alpha value is -1.04. The minimum Gasteiger partial charge on any atom is -0.346 e. The summed E-state index contributed by atoms with van der Waals surface area (Å²) in [5.74, 6) is -0.398. The molecule has 1 amide bonds. The molecule has 0 spiro atoms. The van der Waals surface area contributed by atoms with Gasteiger partial charge in [0.15, 0.2) is 0 Å². The van der Waals surface area contributed by atoms with Crippen LogP contribution in [0.5, 0.6) is 0 Å². The van der Waals surface area contributed by atoms with E-state index in [1.807, 2.05) is 20.8 Å². The summed E-state index contributed by atoms with van der Waals surface area (Å²) in [6, 6.07) is 4.15. The molecule has 0 aliphatic carbocycles. The zero-order valence-corrected chi connectivity index (χ0v) is 12.4. The summed E-state index contributed by atoms with van der Waals surface area (Å²) in [5, 5.41) is 2.76. The maximum absolute atomic E-state index is 12.4. The van der Waals surface area contributed by atoms with Crippen LogP contribution in [0.3, 0.4) is 0 Å². The van der Waals surface area contributed by atoms with Gasteiger partial charge in [-0.1, -0.05) is 22.9 Å². The molecule has 0 aromatic heterocycles. The van der Waals surface area contributed by atoms with E-state index < -0.39 is 23.2 Å². The zero-order valence-electron chi connectivity index (χ0n) is 10.8. The van der Waals surface area contributed by atoms with Gasteiger partial charge >= 0.3 is 6.18 Å². The highest BCUT2D eigenvalue weighted by atomic mass is 79.9. The van der Waals surface area contributed by atoms with Gasteiger partial charge in [-0.2, -0.15) is 13.2 Å². The van der Waals surface area contributed by atoms with E-state index in [2.05, 4.69) is 21.2 Å². The van der Waals surface area contributed by atoms with E-state index >= 15 is 0 Å². The van der Waals surface area contributed by atoms with E-state index in [9.17, 15) is 18.0 Å². The lowest BCUT2D eigenvalue weighted by Gasteiger charge is -2.29. The molecule has 6 heteroatoms. The number of benzene rings is 1. The Morgan fingerprint density at radius 2 is 1.68 bits per heavy atom. The molecular formula is C13H15BrF3NO. The second-order valence-electron chi connectivity index (χ2n) is 4.87. The molecule has 1 aromatic rings. The number of carbonyl (C=O) groups is 1. The van der Waals surface area contributed by atoms with Crippen LogP contribution in [0.4, 0.5) is 13.2 Å². The van der Waals surface area contributed by atoms with E-state index in [4.69, 9.17) is 0 Å². The average molecular weight is 338 g/mol. The SMILES string of the molecule is CC(Br)C(C)(C)NC(=O)c1ccc(C(F)(F)F)cc1. The molecule has 0 aliphatic heterocycles. The Bertz CT molecular complexity index is 452. The molecule has 106 valence electrons. The first-order valence-corrected chi connectivity index (χ1v) is 6.59. The molecule has 0 heterocycles. The van der Waals surface area contributed by atoms with Gasteiger partial charge in [0.1, 0.15) is 0 Å². The van der Waals surface area contributed by atoms with Crippen LogP contribution in [-0.4, -0.2) is 16.3 Å². The summed E-state index contributed by atoms with van der Waals surface area (Å²) in [5.41, 5.74) is -1.06. The molecule has 1 unspecified atom stereocenters. The minimum atomic E-state index is -4.39. The number of alkyl halides is 4. The van der Waals surface area contributed by atoms with Crippen molar-refractivity contribution < 1.29 is 18.0 Å². The molecular weight excluding hydrogens is 323 g/mol. The molecule has 0 bridgehead atoms. The highest BCUT2D eigenvalue weighted by Gasteiger charge is 2.31. The topological polar surface area (TPSA) is 29.1 Å². The van der Waals surface area contributed by atoms with Crippen LogP contribution in [0.15, 0.2) is 24.3 Å². The predicted molar refractivity (Wildman–Crippen MR) is 71.4 cm³/mol. The second-order valence-corrected chi connectivity index (χ2v) is 6.24. The van der Waals surface area contributed by atoms with Crippen molar-refractivity contribution in [2.24, 2.45) is 0 Å². The maximum atomic E-state index is 12.4. The normalized spacial score (nSPS) is 14.1. The van der Waals surface area contributed by atoms with Crippen molar-refractivity contribution >= 4 is 21.8 Å². The van der Waals surface area contributed by atoms with Crippen molar-refractivity contribution in [1.82, 2.24) is 5.32 Å². The van der Waals surface area contributed by atoms with Crippen molar-refractivity contribution in [2.45, 2.75) is 37.3 Å². The van der Waals surface area contributed by atoms with Crippen LogP contribution >= 0.6 is 15.9 Å². The van der Waals surface area contributed by atoms with E-state index in [-0.39, 0.29) is 10.4 Å². The number of nitrogens with one attached hydrogen (secondary N) is 1. The zero-order chi connectivity index (χ0) is 14.8. The van der Waals surface area contributed by atoms with Crippen LogP contribution in [0.25, 0.3) is 0 Å². The lowest BCUT2D eigenvalue weighted by Crippen LogP contribution is -2.48. The largest absolute Gasteiger partial charge is 0.416 e. The maximum Gasteiger partial charge on any atom is 0.416 e. The molecule has 1 N–H and O–H groups in total. The van der Waals surface area contributed by atoms with Crippen molar-refractivity contribution in [3.05, 3.63) is 35.4 Å².